The van der Waals surface area contributed by atoms with Crippen molar-refractivity contribution in [3.63, 3.8) is 0 Å². The van der Waals surface area contributed by atoms with Crippen LogP contribution < -0.4 is 15.1 Å². The third kappa shape index (κ3) is 5.15. The third-order valence-corrected chi connectivity index (χ3v) is 4.29. The van der Waals surface area contributed by atoms with Gasteiger partial charge in [0.2, 0.25) is 5.75 Å². The molecule has 0 aliphatic carbocycles. The molecule has 0 atom stereocenters. The van der Waals surface area contributed by atoms with Gasteiger partial charge in [0.15, 0.2) is 5.75 Å². The fraction of sp³-hybridized carbons (Fsp3) is 0.550. The van der Waals surface area contributed by atoms with Crippen LogP contribution in [-0.4, -0.2) is 18.8 Å². The van der Waals surface area contributed by atoms with Crippen molar-refractivity contribution in [1.29, 1.82) is 0 Å². The highest BCUT2D eigenvalue weighted by atomic mass is 16.5. The molecule has 0 saturated carbocycles. The van der Waals surface area contributed by atoms with E-state index in [9.17, 15) is 9.90 Å². The van der Waals surface area contributed by atoms with Gasteiger partial charge in [-0.2, -0.15) is 0 Å². The minimum atomic E-state index is -0.799. The van der Waals surface area contributed by atoms with Gasteiger partial charge in [-0.3, -0.25) is 0 Å². The van der Waals surface area contributed by atoms with Gasteiger partial charge < -0.3 is 19.0 Å². The van der Waals surface area contributed by atoms with E-state index in [1.165, 1.54) is 45.6 Å². The first kappa shape index (κ1) is 19.2. The molecule has 0 spiro atoms. The molecule has 25 heavy (non-hydrogen) atoms. The van der Waals surface area contributed by atoms with Crippen molar-refractivity contribution in [3.8, 4) is 17.2 Å². The highest BCUT2D eigenvalue weighted by Crippen LogP contribution is 2.38. The summed E-state index contributed by atoms with van der Waals surface area (Å²) < 4.78 is 16.1. The number of hydrogen-bond acceptors (Lipinski definition) is 5. The van der Waals surface area contributed by atoms with Crippen molar-refractivity contribution < 1.29 is 19.0 Å². The molecule has 2 rings (SSSR count). The maximum absolute atomic E-state index is 11.8. The van der Waals surface area contributed by atoms with Gasteiger partial charge in [0.1, 0.15) is 16.7 Å². The van der Waals surface area contributed by atoms with Crippen LogP contribution in [0.25, 0.3) is 11.0 Å². The van der Waals surface area contributed by atoms with Crippen LogP contribution in [0, 0.1) is 0 Å². The van der Waals surface area contributed by atoms with Crippen LogP contribution in [0.5, 0.6) is 17.2 Å². The summed E-state index contributed by atoms with van der Waals surface area (Å²) >= 11 is 0. The summed E-state index contributed by atoms with van der Waals surface area (Å²) in [7, 11) is 1.53. The Labute approximate surface area is 148 Å². The molecule has 0 aliphatic heterocycles. The predicted octanol–water partition coefficient (Wildman–Crippen LogP) is 5.03. The van der Waals surface area contributed by atoms with Crippen molar-refractivity contribution in [2.45, 2.75) is 58.3 Å². The first-order valence-corrected chi connectivity index (χ1v) is 9.14. The third-order valence-electron chi connectivity index (χ3n) is 4.29. The smallest absolute Gasteiger partial charge is 0.382 e. The van der Waals surface area contributed by atoms with Crippen molar-refractivity contribution in [2.24, 2.45) is 0 Å². The van der Waals surface area contributed by atoms with Gasteiger partial charge in [0.25, 0.3) is 0 Å². The second kappa shape index (κ2) is 9.97. The number of ether oxygens (including phenoxy) is 2. The molecule has 0 aliphatic rings. The van der Waals surface area contributed by atoms with Crippen LogP contribution in [0.15, 0.2) is 27.4 Å². The highest BCUT2D eigenvalue weighted by Gasteiger charge is 2.18. The molecule has 0 unspecified atom stereocenters. The van der Waals surface area contributed by atoms with Gasteiger partial charge in [-0.1, -0.05) is 57.9 Å². The summed E-state index contributed by atoms with van der Waals surface area (Å²) in [5.41, 5.74) is -0.459. The molecule has 138 valence electrons. The lowest BCUT2D eigenvalue weighted by molar-refractivity contribution is 0.284. The number of methoxy groups -OCH3 is 1. The van der Waals surface area contributed by atoms with E-state index in [-0.39, 0.29) is 5.75 Å². The highest BCUT2D eigenvalue weighted by molar-refractivity contribution is 5.91. The normalized spacial score (nSPS) is 11.0. The summed E-state index contributed by atoms with van der Waals surface area (Å²) in [6.45, 7) is 2.66. The maximum atomic E-state index is 11.8. The Hall–Kier alpha value is -2.17. The van der Waals surface area contributed by atoms with Crippen LogP contribution in [0.3, 0.4) is 0 Å². The first-order valence-electron chi connectivity index (χ1n) is 9.14. The van der Waals surface area contributed by atoms with E-state index in [1.54, 1.807) is 18.2 Å². The monoisotopic (exact) mass is 348 g/mol. The number of hydrogen-bond donors (Lipinski definition) is 1. The molecular formula is C20H28O5. The molecule has 1 N–H and O–H groups in total. The van der Waals surface area contributed by atoms with Crippen molar-refractivity contribution in [2.75, 3.05) is 13.7 Å². The van der Waals surface area contributed by atoms with Gasteiger partial charge in [0.05, 0.1) is 13.7 Å². The summed E-state index contributed by atoms with van der Waals surface area (Å²) in [6.07, 6.45) is 9.56. The predicted molar refractivity (Wildman–Crippen MR) is 98.8 cm³/mol. The Kier molecular flexibility index (Phi) is 7.64. The largest absolute Gasteiger partial charge is 0.499 e. The van der Waals surface area contributed by atoms with Gasteiger partial charge in [-0.15, -0.1) is 0 Å². The Morgan fingerprint density at radius 2 is 1.72 bits per heavy atom. The van der Waals surface area contributed by atoms with E-state index < -0.39 is 11.4 Å². The molecule has 0 fully saturated rings. The van der Waals surface area contributed by atoms with Gasteiger partial charge >= 0.3 is 5.63 Å². The summed E-state index contributed by atoms with van der Waals surface area (Å²) in [5, 5.41) is 10.5. The summed E-state index contributed by atoms with van der Waals surface area (Å²) in [6, 6.07) is 5.12. The van der Waals surface area contributed by atoms with Crippen LogP contribution in [0.1, 0.15) is 58.3 Å². The van der Waals surface area contributed by atoms with Crippen LogP contribution in [0.4, 0.5) is 0 Å². The maximum Gasteiger partial charge on any atom is 0.382 e. The van der Waals surface area contributed by atoms with Gasteiger partial charge in [0, 0.05) is 0 Å². The molecule has 0 amide bonds. The molecule has 2 aromatic rings. The number of rotatable bonds is 11. The van der Waals surface area contributed by atoms with E-state index in [0.29, 0.717) is 23.3 Å². The van der Waals surface area contributed by atoms with E-state index in [1.807, 2.05) is 0 Å². The van der Waals surface area contributed by atoms with Gasteiger partial charge in [-0.05, 0) is 18.6 Å². The standard InChI is InChI=1S/C20H28O5/c1-3-4-5-6-7-8-9-10-14-24-19-17-15(23-2)12-11-13-16(17)25-20(22)18(19)21/h11-13,21H,3-10,14H2,1-2H3. The Balaban J connectivity index is 1.94. The van der Waals surface area contributed by atoms with Crippen molar-refractivity contribution in [3.05, 3.63) is 28.6 Å². The number of unbranched alkanes of at least 4 members (excludes halogenated alkanes) is 7. The molecular weight excluding hydrogens is 320 g/mol. The molecule has 0 radical (unpaired) electrons. The SMILES string of the molecule is CCCCCCCCCCOc1c(O)c(=O)oc2cccc(OC)c12. The second-order valence-corrected chi connectivity index (χ2v) is 6.22. The first-order chi connectivity index (χ1) is 12.2. The molecule has 1 aromatic heterocycles. The van der Waals surface area contributed by atoms with Crippen LogP contribution in [-0.2, 0) is 0 Å². The number of fused-ring (bicyclic) bond motifs is 1. The zero-order chi connectivity index (χ0) is 18.1. The minimum absolute atomic E-state index is 0.145. The second-order valence-electron chi connectivity index (χ2n) is 6.22. The van der Waals surface area contributed by atoms with Crippen LogP contribution >= 0.6 is 0 Å². The van der Waals surface area contributed by atoms with E-state index >= 15 is 0 Å². The summed E-state index contributed by atoms with van der Waals surface area (Å²) in [5.74, 6) is 0.144. The Morgan fingerprint density at radius 1 is 1.04 bits per heavy atom. The lowest BCUT2D eigenvalue weighted by Crippen LogP contribution is -2.05. The fourth-order valence-electron chi connectivity index (χ4n) is 2.90. The molecule has 1 heterocycles. The minimum Gasteiger partial charge on any atom is -0.499 e. The van der Waals surface area contributed by atoms with E-state index in [0.717, 1.165) is 12.8 Å². The lowest BCUT2D eigenvalue weighted by atomic mass is 10.1. The molecule has 0 bridgehead atoms. The Morgan fingerprint density at radius 3 is 2.40 bits per heavy atom. The zero-order valence-corrected chi connectivity index (χ0v) is 15.2. The molecule has 5 heteroatoms. The van der Waals surface area contributed by atoms with E-state index in [4.69, 9.17) is 13.9 Å². The van der Waals surface area contributed by atoms with E-state index in [2.05, 4.69) is 6.92 Å². The average molecular weight is 348 g/mol. The van der Waals surface area contributed by atoms with Crippen molar-refractivity contribution >= 4 is 11.0 Å². The molecule has 1 aromatic carbocycles. The molecule has 0 saturated heterocycles. The Bertz CT molecular complexity index is 720. The quantitative estimate of drug-likeness (QED) is 0.456. The molecule has 5 nitrogen and oxygen atoms in total. The lowest BCUT2D eigenvalue weighted by Gasteiger charge is -2.12. The van der Waals surface area contributed by atoms with Crippen molar-refractivity contribution in [1.82, 2.24) is 0 Å². The zero-order valence-electron chi connectivity index (χ0n) is 15.2. The number of benzene rings is 1. The number of aromatic hydroxyl groups is 1. The fourth-order valence-corrected chi connectivity index (χ4v) is 2.90. The summed E-state index contributed by atoms with van der Waals surface area (Å²) in [4.78, 5) is 11.8. The van der Waals surface area contributed by atoms with Crippen LogP contribution in [0.2, 0.25) is 0 Å². The van der Waals surface area contributed by atoms with Gasteiger partial charge in [-0.25, -0.2) is 4.79 Å². The topological polar surface area (TPSA) is 68.9 Å². The average Bonchev–Trinajstić information content (AvgIpc) is 2.62.